The molecule has 2 aromatic heterocycles. The van der Waals surface area contributed by atoms with Crippen LogP contribution in [0.25, 0.3) is 11.4 Å². The first kappa shape index (κ1) is 14.4. The van der Waals surface area contributed by atoms with Crippen molar-refractivity contribution in [3.63, 3.8) is 0 Å². The van der Waals surface area contributed by atoms with Gasteiger partial charge in [-0.25, -0.2) is 9.97 Å². The maximum atomic E-state index is 11.8. The fourth-order valence-corrected chi connectivity index (χ4v) is 2.54. The summed E-state index contributed by atoms with van der Waals surface area (Å²) in [7, 11) is 1.84. The number of rotatable bonds is 3. The molecule has 0 radical (unpaired) electrons. The first-order chi connectivity index (χ1) is 10.6. The van der Waals surface area contributed by atoms with Gasteiger partial charge in [-0.3, -0.25) is 9.78 Å². The van der Waals surface area contributed by atoms with Crippen molar-refractivity contribution in [1.82, 2.24) is 19.9 Å². The van der Waals surface area contributed by atoms with E-state index in [1.165, 1.54) is 0 Å². The van der Waals surface area contributed by atoms with Crippen molar-refractivity contribution in [2.24, 2.45) is 0 Å². The molecule has 1 atom stereocenters. The maximum Gasteiger partial charge on any atom is 0.224 e. The Morgan fingerprint density at radius 2 is 2.23 bits per heavy atom. The van der Waals surface area contributed by atoms with Crippen molar-refractivity contribution in [3.05, 3.63) is 36.3 Å². The molecule has 0 bridgehead atoms. The Bertz CT molecular complexity index is 673. The van der Waals surface area contributed by atoms with E-state index < -0.39 is 0 Å². The molecule has 0 aromatic carbocycles. The number of aryl methyl sites for hydroxylation is 1. The van der Waals surface area contributed by atoms with E-state index in [1.54, 1.807) is 17.3 Å². The predicted octanol–water partition coefficient (Wildman–Crippen LogP) is 1.88. The van der Waals surface area contributed by atoms with Crippen molar-refractivity contribution in [2.45, 2.75) is 25.8 Å². The lowest BCUT2D eigenvalue weighted by Crippen LogP contribution is -2.41. The van der Waals surface area contributed by atoms with Crippen LogP contribution in [0.2, 0.25) is 0 Å². The molecule has 6 nitrogen and oxygen atoms in total. The minimum atomic E-state index is 0.125. The summed E-state index contributed by atoms with van der Waals surface area (Å²) in [6, 6.07) is 5.83. The Labute approximate surface area is 129 Å². The van der Waals surface area contributed by atoms with E-state index >= 15 is 0 Å². The fourth-order valence-electron chi connectivity index (χ4n) is 2.54. The number of carbonyl (C=O) groups is 1. The van der Waals surface area contributed by atoms with Crippen LogP contribution in [0.3, 0.4) is 0 Å². The summed E-state index contributed by atoms with van der Waals surface area (Å²) in [5.41, 5.74) is 1.77. The molecule has 6 heteroatoms. The van der Waals surface area contributed by atoms with Gasteiger partial charge in [0.25, 0.3) is 0 Å². The van der Waals surface area contributed by atoms with E-state index in [1.807, 2.05) is 32.2 Å². The van der Waals surface area contributed by atoms with Crippen LogP contribution in [0.5, 0.6) is 0 Å². The van der Waals surface area contributed by atoms with Crippen molar-refractivity contribution in [2.75, 3.05) is 18.9 Å². The number of aromatic nitrogens is 3. The maximum absolute atomic E-state index is 11.8. The number of likely N-dealkylation sites (tertiary alicyclic amines) is 1. The van der Waals surface area contributed by atoms with E-state index in [0.29, 0.717) is 12.2 Å². The molecule has 0 spiro atoms. The number of hydrogen-bond acceptors (Lipinski definition) is 5. The third kappa shape index (κ3) is 3.21. The van der Waals surface area contributed by atoms with Gasteiger partial charge in [0.2, 0.25) is 5.91 Å². The predicted molar refractivity (Wildman–Crippen MR) is 84.3 cm³/mol. The molecule has 22 heavy (non-hydrogen) atoms. The van der Waals surface area contributed by atoms with Crippen LogP contribution in [-0.2, 0) is 4.79 Å². The minimum absolute atomic E-state index is 0.125. The summed E-state index contributed by atoms with van der Waals surface area (Å²) in [6.07, 6.45) is 4.90. The Kier molecular flexibility index (Phi) is 4.00. The van der Waals surface area contributed by atoms with E-state index in [9.17, 15) is 4.79 Å². The highest BCUT2D eigenvalue weighted by molar-refractivity contribution is 5.77. The molecule has 3 heterocycles. The molecule has 1 fully saturated rings. The number of piperidine rings is 1. The summed E-state index contributed by atoms with van der Waals surface area (Å²) in [6.45, 7) is 2.71. The number of hydrogen-bond donors (Lipinski definition) is 1. The third-order valence-corrected chi connectivity index (χ3v) is 3.79. The van der Waals surface area contributed by atoms with Gasteiger partial charge in [-0.1, -0.05) is 0 Å². The molecule has 114 valence electrons. The summed E-state index contributed by atoms with van der Waals surface area (Å²) in [4.78, 5) is 26.7. The number of amides is 1. The molecule has 0 aliphatic carbocycles. The average molecular weight is 297 g/mol. The van der Waals surface area contributed by atoms with Gasteiger partial charge in [-0.15, -0.1) is 0 Å². The molecular weight excluding hydrogens is 278 g/mol. The number of nitrogens with one attached hydrogen (secondary N) is 1. The van der Waals surface area contributed by atoms with Crippen LogP contribution in [0.15, 0.2) is 30.6 Å². The Hall–Kier alpha value is -2.50. The van der Waals surface area contributed by atoms with Gasteiger partial charge in [0.15, 0.2) is 5.82 Å². The zero-order valence-corrected chi connectivity index (χ0v) is 12.8. The summed E-state index contributed by atoms with van der Waals surface area (Å²) in [5, 5.41) is 3.36. The lowest BCUT2D eigenvalue weighted by molar-refractivity contribution is -0.132. The van der Waals surface area contributed by atoms with Crippen LogP contribution >= 0.6 is 0 Å². The second kappa shape index (κ2) is 6.09. The normalized spacial score (nSPS) is 18.4. The van der Waals surface area contributed by atoms with Crippen LogP contribution < -0.4 is 5.32 Å². The van der Waals surface area contributed by atoms with Gasteiger partial charge in [-0.05, 0) is 25.5 Å². The molecule has 1 saturated heterocycles. The van der Waals surface area contributed by atoms with E-state index in [0.717, 1.165) is 30.0 Å². The largest absolute Gasteiger partial charge is 0.367 e. The summed E-state index contributed by atoms with van der Waals surface area (Å²) in [5.74, 6) is 1.57. The van der Waals surface area contributed by atoms with Crippen LogP contribution in [0, 0.1) is 6.92 Å². The molecule has 1 aliphatic heterocycles. The van der Waals surface area contributed by atoms with Crippen LogP contribution in [-0.4, -0.2) is 45.4 Å². The Balaban J connectivity index is 1.80. The second-order valence-corrected chi connectivity index (χ2v) is 5.61. The lowest BCUT2D eigenvalue weighted by atomic mass is 10.1. The smallest absolute Gasteiger partial charge is 0.224 e. The zero-order valence-electron chi connectivity index (χ0n) is 12.8. The molecular formula is C16H19N5O. The number of nitrogens with zero attached hydrogens (tertiary/aromatic N) is 4. The van der Waals surface area contributed by atoms with Crippen molar-refractivity contribution in [1.29, 1.82) is 0 Å². The number of pyridine rings is 1. The molecule has 3 rings (SSSR count). The molecule has 1 amide bonds. The fraction of sp³-hybridized carbons (Fsp3) is 0.375. The second-order valence-electron chi connectivity index (χ2n) is 5.61. The Morgan fingerprint density at radius 3 is 2.95 bits per heavy atom. The number of anilines is 1. The summed E-state index contributed by atoms with van der Waals surface area (Å²) >= 11 is 0. The highest BCUT2D eigenvalue weighted by Gasteiger charge is 2.23. The third-order valence-electron chi connectivity index (χ3n) is 3.79. The first-order valence-electron chi connectivity index (χ1n) is 7.38. The monoisotopic (exact) mass is 297 g/mol. The van der Waals surface area contributed by atoms with Gasteiger partial charge >= 0.3 is 0 Å². The van der Waals surface area contributed by atoms with Gasteiger partial charge in [-0.2, -0.15) is 0 Å². The highest BCUT2D eigenvalue weighted by Crippen LogP contribution is 2.19. The van der Waals surface area contributed by atoms with Crippen LogP contribution in [0.4, 0.5) is 5.82 Å². The van der Waals surface area contributed by atoms with E-state index in [-0.39, 0.29) is 11.9 Å². The SMILES string of the molecule is Cc1cc(NC2CCN(C)C(=O)C2)nc(-c2cccnc2)n1. The van der Waals surface area contributed by atoms with Crippen molar-refractivity contribution >= 4 is 11.7 Å². The van der Waals surface area contributed by atoms with Crippen molar-refractivity contribution < 1.29 is 4.79 Å². The van der Waals surface area contributed by atoms with Crippen LogP contribution in [0.1, 0.15) is 18.5 Å². The zero-order chi connectivity index (χ0) is 15.5. The molecule has 1 aliphatic rings. The standard InChI is InChI=1S/C16H19N5O/c1-11-8-14(19-13-5-7-21(2)15(22)9-13)20-16(18-11)12-4-3-6-17-10-12/h3-4,6,8,10,13H,5,7,9H2,1-2H3,(H,18,19,20). The lowest BCUT2D eigenvalue weighted by Gasteiger charge is -2.29. The molecule has 1 N–H and O–H groups in total. The van der Waals surface area contributed by atoms with Gasteiger partial charge < -0.3 is 10.2 Å². The quantitative estimate of drug-likeness (QED) is 0.936. The number of carbonyl (C=O) groups excluding carboxylic acids is 1. The first-order valence-corrected chi connectivity index (χ1v) is 7.38. The topological polar surface area (TPSA) is 71.0 Å². The summed E-state index contributed by atoms with van der Waals surface area (Å²) < 4.78 is 0. The van der Waals surface area contributed by atoms with E-state index in [2.05, 4.69) is 20.3 Å². The van der Waals surface area contributed by atoms with Gasteiger partial charge in [0.1, 0.15) is 5.82 Å². The average Bonchev–Trinajstić information content (AvgIpc) is 2.51. The molecule has 2 aromatic rings. The Morgan fingerprint density at radius 1 is 1.36 bits per heavy atom. The van der Waals surface area contributed by atoms with Gasteiger partial charge in [0, 0.05) is 55.8 Å². The highest BCUT2D eigenvalue weighted by atomic mass is 16.2. The minimum Gasteiger partial charge on any atom is -0.367 e. The molecule has 0 saturated carbocycles. The van der Waals surface area contributed by atoms with Gasteiger partial charge in [0.05, 0.1) is 0 Å². The molecule has 1 unspecified atom stereocenters. The van der Waals surface area contributed by atoms with Crippen molar-refractivity contribution in [3.8, 4) is 11.4 Å². The van der Waals surface area contributed by atoms with E-state index in [4.69, 9.17) is 0 Å².